The number of nitrogens with one attached hydrogen (secondary N) is 1. The number of hydrogen-bond donors (Lipinski definition) is 1. The lowest BCUT2D eigenvalue weighted by Crippen LogP contribution is -2.68. The molecule has 0 amide bonds. The molecule has 0 aromatic heterocycles. The molecule has 0 unspecified atom stereocenters. The van der Waals surface area contributed by atoms with Crippen molar-refractivity contribution in [3.63, 3.8) is 0 Å². The van der Waals surface area contributed by atoms with Gasteiger partial charge in [0.25, 0.3) is 0 Å². The summed E-state index contributed by atoms with van der Waals surface area (Å²) >= 11 is 0. The minimum absolute atomic E-state index is 0.0466. The molecule has 0 bridgehead atoms. The van der Waals surface area contributed by atoms with E-state index in [2.05, 4.69) is 12.4 Å². The van der Waals surface area contributed by atoms with Crippen LogP contribution >= 0.6 is 0 Å². The van der Waals surface area contributed by atoms with E-state index in [4.69, 9.17) is 0 Å². The van der Waals surface area contributed by atoms with E-state index >= 15 is 0 Å². The first-order valence-corrected chi connectivity index (χ1v) is 9.60. The normalized spacial score (nSPS) is 16.4. The van der Waals surface area contributed by atoms with Gasteiger partial charge in [-0.25, -0.2) is 0 Å². The van der Waals surface area contributed by atoms with E-state index in [-0.39, 0.29) is 5.78 Å². The first-order valence-electron chi connectivity index (χ1n) is 9.60. The zero-order valence-electron chi connectivity index (χ0n) is 16.7. The van der Waals surface area contributed by atoms with Crippen molar-refractivity contribution in [1.29, 1.82) is 0 Å². The molecule has 2 aromatic carbocycles. The number of nitrogens with zero attached hydrogens (tertiary/aromatic N) is 1. The van der Waals surface area contributed by atoms with E-state index in [1.807, 2.05) is 13.8 Å². The highest BCUT2D eigenvalue weighted by Crippen LogP contribution is 2.28. The predicted molar refractivity (Wildman–Crippen MR) is 109 cm³/mol. The average Bonchev–Trinajstić information content (AvgIpc) is 2.73. The van der Waals surface area contributed by atoms with Gasteiger partial charge in [0, 0.05) is 29.8 Å². The van der Waals surface area contributed by atoms with Crippen molar-refractivity contribution >= 4 is 17.3 Å². The van der Waals surface area contributed by atoms with Crippen LogP contribution in [0.15, 0.2) is 54.6 Å². The van der Waals surface area contributed by atoms with E-state index in [1.165, 1.54) is 0 Å². The Balaban J connectivity index is 1.79. The molecule has 146 valence electrons. The van der Waals surface area contributed by atoms with Crippen molar-refractivity contribution < 1.29 is 18.9 Å². The number of benzene rings is 2. The molecule has 0 atom stereocenters. The zero-order valence-corrected chi connectivity index (χ0v) is 16.7. The van der Waals surface area contributed by atoms with Gasteiger partial charge in [-0.15, -0.1) is 0 Å². The number of ketones is 3. The van der Waals surface area contributed by atoms with Crippen LogP contribution in [0.2, 0.25) is 0 Å². The predicted octanol–water partition coefficient (Wildman–Crippen LogP) is 2.76. The van der Waals surface area contributed by atoms with Crippen LogP contribution in [-0.4, -0.2) is 60.6 Å². The summed E-state index contributed by atoms with van der Waals surface area (Å²) in [6, 6.07) is 15.0. The van der Waals surface area contributed by atoms with Gasteiger partial charge < -0.3 is 9.80 Å². The summed E-state index contributed by atoms with van der Waals surface area (Å²) in [5.41, 5.74) is 0.648. The SMILES string of the molecule is CC(C)(C(=O)c1ccc(C(=O)C(=O)c2ccccc2)cc1)[N+]1(C)CCNCC1. The molecule has 1 fully saturated rings. The smallest absolute Gasteiger partial charge is 0.233 e. The number of likely N-dealkylation sites (N-methyl/N-ethyl adjacent to an activating group) is 1. The third-order valence-electron chi connectivity index (χ3n) is 6.12. The Kier molecular flexibility index (Phi) is 5.59. The van der Waals surface area contributed by atoms with Crippen molar-refractivity contribution in [3.8, 4) is 0 Å². The van der Waals surface area contributed by atoms with E-state index < -0.39 is 17.1 Å². The third kappa shape index (κ3) is 3.68. The Morgan fingerprint density at radius 1 is 0.786 bits per heavy atom. The Bertz CT molecular complexity index is 880. The van der Waals surface area contributed by atoms with Gasteiger partial charge in [-0.1, -0.05) is 54.6 Å². The monoisotopic (exact) mass is 379 g/mol. The number of rotatable bonds is 6. The van der Waals surface area contributed by atoms with Crippen LogP contribution < -0.4 is 5.32 Å². The van der Waals surface area contributed by atoms with Gasteiger partial charge in [-0.2, -0.15) is 0 Å². The van der Waals surface area contributed by atoms with Crippen LogP contribution in [0.1, 0.15) is 44.9 Å². The van der Waals surface area contributed by atoms with Crippen molar-refractivity contribution in [2.24, 2.45) is 0 Å². The topological polar surface area (TPSA) is 63.2 Å². The van der Waals surface area contributed by atoms with E-state index in [0.717, 1.165) is 26.2 Å². The van der Waals surface area contributed by atoms with Crippen molar-refractivity contribution in [3.05, 3.63) is 71.3 Å². The maximum atomic E-state index is 13.2. The first-order chi connectivity index (χ1) is 13.3. The molecule has 5 heteroatoms. The van der Waals surface area contributed by atoms with Crippen molar-refractivity contribution in [2.45, 2.75) is 19.4 Å². The highest BCUT2D eigenvalue weighted by molar-refractivity contribution is 6.49. The van der Waals surface area contributed by atoms with Gasteiger partial charge in [0.1, 0.15) is 0 Å². The number of carbonyl (C=O) groups excluding carboxylic acids is 3. The van der Waals surface area contributed by atoms with Gasteiger partial charge in [-0.3, -0.25) is 14.4 Å². The minimum atomic E-state index is -0.576. The molecule has 1 saturated heterocycles. The standard InChI is InChI=1S/C23H27N2O3/c1-23(2,25(3)15-13-24-14-16-25)22(28)19-11-9-18(10-12-19)21(27)20(26)17-7-5-4-6-8-17/h4-12,24H,13-16H2,1-3H3/q+1. The second-order valence-electron chi connectivity index (χ2n) is 8.08. The number of hydrogen-bond acceptors (Lipinski definition) is 4. The van der Waals surface area contributed by atoms with Crippen molar-refractivity contribution in [1.82, 2.24) is 5.32 Å². The van der Waals surface area contributed by atoms with Crippen LogP contribution in [-0.2, 0) is 0 Å². The Morgan fingerprint density at radius 3 is 1.79 bits per heavy atom. The van der Waals surface area contributed by atoms with Gasteiger partial charge in [0.05, 0.1) is 20.1 Å². The van der Waals surface area contributed by atoms with Crippen molar-refractivity contribution in [2.75, 3.05) is 33.2 Å². The fourth-order valence-corrected chi connectivity index (χ4v) is 3.67. The third-order valence-corrected chi connectivity index (χ3v) is 6.12. The van der Waals surface area contributed by atoms with Gasteiger partial charge in [0.2, 0.25) is 17.3 Å². The molecule has 2 aromatic rings. The highest BCUT2D eigenvalue weighted by Gasteiger charge is 2.47. The quantitative estimate of drug-likeness (QED) is 0.476. The van der Waals surface area contributed by atoms with Gasteiger partial charge >= 0.3 is 0 Å². The molecule has 0 radical (unpaired) electrons. The van der Waals surface area contributed by atoms with E-state index in [0.29, 0.717) is 21.2 Å². The summed E-state index contributed by atoms with van der Waals surface area (Å²) in [6.45, 7) is 7.53. The summed E-state index contributed by atoms with van der Waals surface area (Å²) in [4.78, 5) is 38.0. The lowest BCUT2D eigenvalue weighted by atomic mass is 9.87. The van der Waals surface area contributed by atoms with E-state index in [1.54, 1.807) is 54.6 Å². The molecule has 1 aliphatic rings. The lowest BCUT2D eigenvalue weighted by Gasteiger charge is -2.48. The molecule has 0 spiro atoms. The molecule has 1 N–H and O–H groups in total. The molecule has 1 heterocycles. The Hall–Kier alpha value is -2.63. The molecule has 1 aliphatic heterocycles. The molecule has 0 saturated carbocycles. The maximum absolute atomic E-state index is 13.2. The molecule has 28 heavy (non-hydrogen) atoms. The minimum Gasteiger partial charge on any atom is -0.313 e. The van der Waals surface area contributed by atoms with Crippen LogP contribution in [0.3, 0.4) is 0 Å². The molecule has 5 nitrogen and oxygen atoms in total. The number of piperazine rings is 1. The average molecular weight is 379 g/mol. The highest BCUT2D eigenvalue weighted by atomic mass is 16.2. The maximum Gasteiger partial charge on any atom is 0.233 e. The summed E-state index contributed by atoms with van der Waals surface area (Å²) < 4.78 is 0.673. The second kappa shape index (κ2) is 7.78. The number of quaternary nitrogens is 1. The summed E-state index contributed by atoms with van der Waals surface area (Å²) in [6.07, 6.45) is 0. The van der Waals surface area contributed by atoms with Crippen LogP contribution in [0.25, 0.3) is 0 Å². The fraction of sp³-hybridized carbons (Fsp3) is 0.348. The number of Topliss-reactive ketones (excluding diaryl/α,β-unsaturated/α-hetero) is 3. The first kappa shape index (κ1) is 20.1. The van der Waals surface area contributed by atoms with Crippen LogP contribution in [0.5, 0.6) is 0 Å². The van der Waals surface area contributed by atoms with Crippen LogP contribution in [0, 0.1) is 0 Å². The summed E-state index contributed by atoms with van der Waals surface area (Å²) in [5, 5.41) is 3.34. The van der Waals surface area contributed by atoms with E-state index in [9.17, 15) is 14.4 Å². The summed E-state index contributed by atoms with van der Waals surface area (Å²) in [5.74, 6) is -1.06. The largest absolute Gasteiger partial charge is 0.313 e. The van der Waals surface area contributed by atoms with Crippen LogP contribution in [0.4, 0.5) is 0 Å². The number of carbonyl (C=O) groups is 3. The molecular weight excluding hydrogens is 352 g/mol. The molecule has 0 aliphatic carbocycles. The molecule has 3 rings (SSSR count). The fourth-order valence-electron chi connectivity index (χ4n) is 3.67. The zero-order chi connectivity index (χ0) is 20.4. The van der Waals surface area contributed by atoms with Gasteiger partial charge in [-0.05, 0) is 13.8 Å². The lowest BCUT2D eigenvalue weighted by molar-refractivity contribution is -0.946. The molecular formula is C23H27N2O3+. The Labute approximate surface area is 166 Å². The Morgan fingerprint density at radius 2 is 1.25 bits per heavy atom. The second-order valence-corrected chi connectivity index (χ2v) is 8.08. The van der Waals surface area contributed by atoms with Gasteiger partial charge in [0.15, 0.2) is 5.54 Å². The summed E-state index contributed by atoms with van der Waals surface area (Å²) in [7, 11) is 2.12.